The van der Waals surface area contributed by atoms with Gasteiger partial charge in [0, 0.05) is 0 Å². The van der Waals surface area contributed by atoms with Gasteiger partial charge < -0.3 is 49.9 Å². The second-order valence-corrected chi connectivity index (χ2v) is 7.12. The van der Waals surface area contributed by atoms with Gasteiger partial charge in [0.2, 0.25) is 5.34 Å². The highest BCUT2D eigenvalue weighted by Gasteiger charge is 2.72. The summed E-state index contributed by atoms with van der Waals surface area (Å²) in [5, 5.41) is 54.7. The van der Waals surface area contributed by atoms with Crippen molar-refractivity contribution in [1.82, 2.24) is 0 Å². The molecular weight excluding hydrogens is 327 g/mol. The zero-order valence-corrected chi connectivity index (χ0v) is 12.1. The number of ether oxygens (including phenoxy) is 2. The molecule has 8 atom stereocenters. The van der Waals surface area contributed by atoms with Gasteiger partial charge in [-0.2, -0.15) is 0 Å². The second kappa shape index (κ2) is 6.04. The summed E-state index contributed by atoms with van der Waals surface area (Å²) in [7, 11) is -5.36. The normalized spacial score (nSPS) is 49.7. The van der Waals surface area contributed by atoms with Crippen LogP contribution in [0.3, 0.4) is 0 Å². The number of aliphatic hydroxyl groups excluding tert-OH is 6. The molecule has 0 aliphatic carbocycles. The molecule has 0 bridgehead atoms. The predicted molar refractivity (Wildman–Crippen MR) is 66.5 cm³/mol. The smallest absolute Gasteiger partial charge is 0.362 e. The SMILES string of the molecule is O=P(O)(O)C1(C2O[C@H](CO)[C@@H](O)[C@H]2O)O[C@H](CO)[C@@H](O)[C@H]1O. The van der Waals surface area contributed by atoms with Crippen LogP contribution < -0.4 is 0 Å². The van der Waals surface area contributed by atoms with E-state index in [0.717, 1.165) is 0 Å². The van der Waals surface area contributed by atoms with Gasteiger partial charge in [-0.1, -0.05) is 0 Å². The van der Waals surface area contributed by atoms with E-state index in [4.69, 9.17) is 19.7 Å². The summed E-state index contributed by atoms with van der Waals surface area (Å²) in [6, 6.07) is 0. The lowest BCUT2D eigenvalue weighted by Gasteiger charge is -2.38. The predicted octanol–water partition coefficient (Wildman–Crippen LogP) is -4.55. The summed E-state index contributed by atoms with van der Waals surface area (Å²) in [6.07, 6.45) is -12.4. The van der Waals surface area contributed by atoms with Crippen molar-refractivity contribution in [2.75, 3.05) is 13.2 Å². The number of rotatable bonds is 4. The molecule has 2 rings (SSSR count). The molecule has 2 aliphatic rings. The Labute approximate surface area is 124 Å². The molecule has 2 aliphatic heterocycles. The molecule has 11 nitrogen and oxygen atoms in total. The van der Waals surface area contributed by atoms with Crippen molar-refractivity contribution in [2.24, 2.45) is 0 Å². The summed E-state index contributed by atoms with van der Waals surface area (Å²) in [5.41, 5.74) is 0. The fourth-order valence-electron chi connectivity index (χ4n) is 2.86. The Balaban J connectivity index is 2.47. The molecule has 0 radical (unpaired) electrons. The molecule has 0 spiro atoms. The Morgan fingerprint density at radius 1 is 0.909 bits per heavy atom. The molecule has 0 saturated carbocycles. The Morgan fingerprint density at radius 3 is 1.82 bits per heavy atom. The van der Waals surface area contributed by atoms with Gasteiger partial charge in [0.05, 0.1) is 13.2 Å². The average Bonchev–Trinajstić information content (AvgIpc) is 2.88. The molecule has 0 aromatic carbocycles. The Bertz CT molecular complexity index is 454. The van der Waals surface area contributed by atoms with Crippen LogP contribution in [-0.2, 0) is 14.0 Å². The van der Waals surface area contributed by atoms with Gasteiger partial charge in [0.25, 0.3) is 0 Å². The van der Waals surface area contributed by atoms with E-state index in [9.17, 15) is 34.8 Å². The largest absolute Gasteiger partial charge is 0.394 e. The maximum atomic E-state index is 11.9. The maximum Gasteiger partial charge on any atom is 0.362 e. The Kier molecular flexibility index (Phi) is 4.99. The average molecular weight is 346 g/mol. The fraction of sp³-hybridized carbons (Fsp3) is 1.00. The first kappa shape index (κ1) is 18.2. The van der Waals surface area contributed by atoms with E-state index in [1.54, 1.807) is 0 Å². The quantitative estimate of drug-likeness (QED) is 0.228. The molecule has 2 unspecified atom stereocenters. The van der Waals surface area contributed by atoms with Crippen LogP contribution in [0.15, 0.2) is 0 Å². The van der Waals surface area contributed by atoms with E-state index in [0.29, 0.717) is 0 Å². The van der Waals surface area contributed by atoms with Gasteiger partial charge in [-0.15, -0.1) is 0 Å². The zero-order valence-electron chi connectivity index (χ0n) is 11.2. The lowest BCUT2D eigenvalue weighted by atomic mass is 9.98. The van der Waals surface area contributed by atoms with Crippen molar-refractivity contribution in [3.63, 3.8) is 0 Å². The van der Waals surface area contributed by atoms with Crippen LogP contribution in [0.4, 0.5) is 0 Å². The van der Waals surface area contributed by atoms with E-state index in [1.165, 1.54) is 0 Å². The minimum Gasteiger partial charge on any atom is -0.394 e. The molecule has 12 heteroatoms. The van der Waals surface area contributed by atoms with Crippen LogP contribution in [0.2, 0.25) is 0 Å². The van der Waals surface area contributed by atoms with Gasteiger partial charge in [-0.3, -0.25) is 4.57 Å². The molecule has 0 aromatic rings. The molecule has 0 aromatic heterocycles. The van der Waals surface area contributed by atoms with Crippen LogP contribution in [0.25, 0.3) is 0 Å². The topological polar surface area (TPSA) is 197 Å². The van der Waals surface area contributed by atoms with Crippen LogP contribution in [-0.4, -0.2) is 102 Å². The highest BCUT2D eigenvalue weighted by Crippen LogP contribution is 2.61. The zero-order chi connectivity index (χ0) is 16.9. The van der Waals surface area contributed by atoms with Gasteiger partial charge in [0.15, 0.2) is 0 Å². The minimum absolute atomic E-state index is 0.756. The van der Waals surface area contributed by atoms with Crippen molar-refractivity contribution in [1.29, 1.82) is 0 Å². The highest BCUT2D eigenvalue weighted by molar-refractivity contribution is 7.53. The molecule has 2 saturated heterocycles. The molecule has 0 amide bonds. The van der Waals surface area contributed by atoms with Crippen LogP contribution in [0.1, 0.15) is 0 Å². The molecule has 8 N–H and O–H groups in total. The first-order valence-corrected chi connectivity index (χ1v) is 8.06. The van der Waals surface area contributed by atoms with Crippen LogP contribution in [0.5, 0.6) is 0 Å². The third kappa shape index (κ3) is 2.43. The Morgan fingerprint density at radius 2 is 1.45 bits per heavy atom. The van der Waals surface area contributed by atoms with Crippen LogP contribution >= 0.6 is 7.60 Å². The van der Waals surface area contributed by atoms with Gasteiger partial charge >= 0.3 is 7.60 Å². The molecular formula is C10H19O11P. The molecule has 2 fully saturated rings. The summed E-state index contributed by atoms with van der Waals surface area (Å²) in [6.45, 7) is -1.61. The van der Waals surface area contributed by atoms with Gasteiger partial charge in [-0.05, 0) is 0 Å². The van der Waals surface area contributed by atoms with Crippen molar-refractivity contribution in [3.05, 3.63) is 0 Å². The van der Waals surface area contributed by atoms with E-state index in [1.807, 2.05) is 0 Å². The van der Waals surface area contributed by atoms with E-state index >= 15 is 0 Å². The molecule has 2 heterocycles. The van der Waals surface area contributed by atoms with Crippen molar-refractivity contribution in [2.45, 2.75) is 48.1 Å². The fourth-order valence-corrected chi connectivity index (χ4v) is 4.17. The number of hydrogen-bond donors (Lipinski definition) is 8. The summed E-state index contributed by atoms with van der Waals surface area (Å²) >= 11 is 0. The van der Waals surface area contributed by atoms with Crippen molar-refractivity contribution >= 4 is 7.60 Å². The standard InChI is InChI=1S/C10H19O11P/c11-1-3-5(13)7(15)9(20-3)10(22(17,18)19)8(16)6(14)4(2-12)21-10/h3-9,11-16H,1-2H2,(H2,17,18,19)/t3-,4-,5-,6-,7-,8-,9?,10?/m1/s1. The van der Waals surface area contributed by atoms with E-state index in [2.05, 4.69) is 0 Å². The number of aliphatic hydroxyl groups is 6. The monoisotopic (exact) mass is 346 g/mol. The number of hydrogen-bond acceptors (Lipinski definition) is 9. The van der Waals surface area contributed by atoms with Gasteiger partial charge in [-0.25, -0.2) is 0 Å². The Hall–Kier alpha value is -0.170. The minimum atomic E-state index is -5.36. The van der Waals surface area contributed by atoms with E-state index < -0.39 is 68.9 Å². The summed E-state index contributed by atoms with van der Waals surface area (Å²) < 4.78 is 21.9. The summed E-state index contributed by atoms with van der Waals surface area (Å²) in [5.74, 6) is 0. The van der Waals surface area contributed by atoms with Gasteiger partial charge in [0.1, 0.15) is 42.7 Å². The van der Waals surface area contributed by atoms with E-state index in [-0.39, 0.29) is 0 Å². The lowest BCUT2D eigenvalue weighted by molar-refractivity contribution is -0.153. The highest BCUT2D eigenvalue weighted by atomic mass is 31.2. The third-order valence-corrected chi connectivity index (χ3v) is 5.59. The second-order valence-electron chi connectivity index (χ2n) is 5.33. The summed E-state index contributed by atoms with van der Waals surface area (Å²) in [4.78, 5) is 19.2. The molecule has 130 valence electrons. The first-order valence-electron chi connectivity index (χ1n) is 6.44. The lowest BCUT2D eigenvalue weighted by Crippen LogP contribution is -2.56. The molecule has 22 heavy (non-hydrogen) atoms. The van der Waals surface area contributed by atoms with Crippen LogP contribution in [0, 0.1) is 0 Å². The first-order chi connectivity index (χ1) is 10.1. The maximum absolute atomic E-state index is 11.9. The van der Waals surface area contributed by atoms with Crippen molar-refractivity contribution in [3.8, 4) is 0 Å². The van der Waals surface area contributed by atoms with Crippen molar-refractivity contribution < 1.29 is 54.5 Å². The third-order valence-electron chi connectivity index (χ3n) is 4.05.